The zero-order chi connectivity index (χ0) is 11.7. The Kier molecular flexibility index (Phi) is 7.11. The Morgan fingerprint density at radius 2 is 2.00 bits per heavy atom. The third-order valence-electron chi connectivity index (χ3n) is 2.39. The summed E-state index contributed by atoms with van der Waals surface area (Å²) in [5.41, 5.74) is -0.874. The van der Waals surface area contributed by atoms with Crippen LogP contribution in [0.25, 0.3) is 0 Å². The van der Waals surface area contributed by atoms with Crippen molar-refractivity contribution in [3.63, 3.8) is 0 Å². The van der Waals surface area contributed by atoms with Gasteiger partial charge in [0.05, 0.1) is 6.54 Å². The van der Waals surface area contributed by atoms with Crippen molar-refractivity contribution in [2.24, 2.45) is 0 Å². The molecule has 0 bridgehead atoms. The third kappa shape index (κ3) is 7.18. The summed E-state index contributed by atoms with van der Waals surface area (Å²) in [4.78, 5) is 2.22. The molecule has 0 heterocycles. The van der Waals surface area contributed by atoms with E-state index in [-0.39, 0.29) is 0 Å². The topological polar surface area (TPSA) is 23.5 Å². The van der Waals surface area contributed by atoms with Gasteiger partial charge in [-0.15, -0.1) is 6.58 Å². The molecule has 0 aliphatic heterocycles. The average Bonchev–Trinajstić information content (AvgIpc) is 2.22. The molecule has 0 spiro atoms. The maximum atomic E-state index is 9.86. The predicted molar refractivity (Wildman–Crippen MR) is 65.6 cm³/mol. The minimum absolute atomic E-state index is 0.655. The van der Waals surface area contributed by atoms with Gasteiger partial charge in [-0.1, -0.05) is 31.8 Å². The fraction of sp³-hybridized carbons (Fsp3) is 0.692. The lowest BCUT2D eigenvalue weighted by atomic mass is 10.0. The van der Waals surface area contributed by atoms with Gasteiger partial charge in [0.2, 0.25) is 0 Å². The molecule has 0 fully saturated rings. The number of allylic oxidation sites excluding steroid dienone is 1. The molecular weight excluding hydrogens is 186 g/mol. The highest BCUT2D eigenvalue weighted by atomic mass is 16.3. The van der Waals surface area contributed by atoms with Crippen molar-refractivity contribution in [3.05, 3.63) is 12.7 Å². The average molecular weight is 209 g/mol. The molecule has 0 rings (SSSR count). The van der Waals surface area contributed by atoms with Crippen molar-refractivity contribution < 1.29 is 5.11 Å². The molecule has 0 saturated carbocycles. The molecule has 0 aliphatic rings. The van der Waals surface area contributed by atoms with Crippen molar-refractivity contribution in [2.75, 3.05) is 19.6 Å². The number of hydrogen-bond acceptors (Lipinski definition) is 2. The number of aliphatic hydroxyl groups is 1. The molecule has 1 atom stereocenters. The third-order valence-corrected chi connectivity index (χ3v) is 2.39. The minimum atomic E-state index is -0.874. The molecule has 15 heavy (non-hydrogen) atoms. The van der Waals surface area contributed by atoms with Gasteiger partial charge >= 0.3 is 0 Å². The summed E-state index contributed by atoms with van der Waals surface area (Å²) in [7, 11) is 0. The van der Waals surface area contributed by atoms with Gasteiger partial charge < -0.3 is 5.11 Å². The second-order valence-electron chi connectivity index (χ2n) is 3.86. The Labute approximate surface area is 94.0 Å². The fourth-order valence-electron chi connectivity index (χ4n) is 1.23. The summed E-state index contributed by atoms with van der Waals surface area (Å²) in [6.45, 7) is 12.3. The number of nitrogens with zero attached hydrogens (tertiary/aromatic N) is 1. The van der Waals surface area contributed by atoms with Crippen LogP contribution in [0.1, 0.15) is 33.6 Å². The molecule has 0 saturated heterocycles. The smallest absolute Gasteiger partial charge is 0.123 e. The van der Waals surface area contributed by atoms with E-state index < -0.39 is 5.60 Å². The molecule has 0 aromatic carbocycles. The number of hydrogen-bond donors (Lipinski definition) is 1. The van der Waals surface area contributed by atoms with Gasteiger partial charge in [-0.05, 0) is 32.9 Å². The first-order valence-electron chi connectivity index (χ1n) is 5.61. The molecule has 0 amide bonds. The van der Waals surface area contributed by atoms with E-state index in [0.717, 1.165) is 26.1 Å². The largest absolute Gasteiger partial charge is 0.378 e. The zero-order valence-corrected chi connectivity index (χ0v) is 10.2. The highest BCUT2D eigenvalue weighted by Crippen LogP contribution is 2.10. The molecule has 0 aromatic heterocycles. The molecule has 0 aromatic rings. The van der Waals surface area contributed by atoms with Crippen molar-refractivity contribution >= 4 is 0 Å². The van der Waals surface area contributed by atoms with E-state index in [2.05, 4.69) is 37.2 Å². The van der Waals surface area contributed by atoms with Crippen LogP contribution < -0.4 is 0 Å². The van der Waals surface area contributed by atoms with Crippen molar-refractivity contribution in [3.8, 4) is 11.8 Å². The summed E-state index contributed by atoms with van der Waals surface area (Å²) in [5.74, 6) is 5.94. The predicted octanol–water partition coefficient (Wildman–Crippen LogP) is 2.05. The quantitative estimate of drug-likeness (QED) is 0.534. The van der Waals surface area contributed by atoms with E-state index in [1.54, 1.807) is 13.0 Å². The molecule has 2 heteroatoms. The van der Waals surface area contributed by atoms with Crippen LogP contribution in [0.4, 0.5) is 0 Å². The van der Waals surface area contributed by atoms with Crippen molar-refractivity contribution in [1.29, 1.82) is 0 Å². The maximum absolute atomic E-state index is 9.86. The van der Waals surface area contributed by atoms with Crippen LogP contribution in [0.5, 0.6) is 0 Å². The van der Waals surface area contributed by atoms with Crippen LogP contribution in [0.3, 0.4) is 0 Å². The van der Waals surface area contributed by atoms with Crippen LogP contribution in [-0.2, 0) is 0 Å². The number of rotatable bonds is 6. The van der Waals surface area contributed by atoms with Gasteiger partial charge in [0, 0.05) is 0 Å². The summed E-state index contributed by atoms with van der Waals surface area (Å²) in [6, 6.07) is 0. The molecule has 2 nitrogen and oxygen atoms in total. The standard InChI is InChI=1S/C13H23NO/c1-5-8-10-13(4,15)11-9-12-14(6-2)7-3/h5,15H,1,6-8,10,12H2,2-4H3/t13-/m0/s1. The molecule has 86 valence electrons. The lowest BCUT2D eigenvalue weighted by Crippen LogP contribution is -2.25. The van der Waals surface area contributed by atoms with E-state index >= 15 is 0 Å². The molecule has 1 N–H and O–H groups in total. The second-order valence-corrected chi connectivity index (χ2v) is 3.86. The fourth-order valence-corrected chi connectivity index (χ4v) is 1.23. The Hall–Kier alpha value is -0.780. The van der Waals surface area contributed by atoms with Crippen LogP contribution >= 0.6 is 0 Å². The Balaban J connectivity index is 4.07. The summed E-state index contributed by atoms with van der Waals surface area (Å²) in [5, 5.41) is 9.86. The van der Waals surface area contributed by atoms with E-state index in [1.165, 1.54) is 0 Å². The molecular formula is C13H23NO. The van der Waals surface area contributed by atoms with Gasteiger partial charge in [-0.3, -0.25) is 4.90 Å². The Bertz CT molecular complexity index is 231. The van der Waals surface area contributed by atoms with Crippen LogP contribution in [-0.4, -0.2) is 35.2 Å². The highest BCUT2D eigenvalue weighted by Gasteiger charge is 2.14. The summed E-state index contributed by atoms with van der Waals surface area (Å²) >= 11 is 0. The van der Waals surface area contributed by atoms with Crippen molar-refractivity contribution in [1.82, 2.24) is 4.90 Å². The van der Waals surface area contributed by atoms with E-state index in [1.807, 2.05) is 0 Å². The zero-order valence-electron chi connectivity index (χ0n) is 10.2. The lowest BCUT2D eigenvalue weighted by molar-refractivity contribution is 0.113. The Morgan fingerprint density at radius 1 is 1.40 bits per heavy atom. The first kappa shape index (κ1) is 14.2. The normalized spacial score (nSPS) is 14.2. The van der Waals surface area contributed by atoms with E-state index in [0.29, 0.717) is 6.42 Å². The Morgan fingerprint density at radius 3 is 2.47 bits per heavy atom. The van der Waals surface area contributed by atoms with Gasteiger partial charge in [-0.25, -0.2) is 0 Å². The van der Waals surface area contributed by atoms with Gasteiger partial charge in [0.1, 0.15) is 5.60 Å². The van der Waals surface area contributed by atoms with Crippen LogP contribution in [0, 0.1) is 11.8 Å². The molecule has 0 unspecified atom stereocenters. The minimum Gasteiger partial charge on any atom is -0.378 e. The second kappa shape index (κ2) is 7.50. The van der Waals surface area contributed by atoms with Gasteiger partial charge in [0.25, 0.3) is 0 Å². The van der Waals surface area contributed by atoms with Crippen LogP contribution in [0.15, 0.2) is 12.7 Å². The first-order chi connectivity index (χ1) is 7.05. The molecule has 0 radical (unpaired) electrons. The SMILES string of the molecule is C=CCC[C@](C)(O)C#CCN(CC)CC. The van der Waals surface area contributed by atoms with Crippen molar-refractivity contribution in [2.45, 2.75) is 39.2 Å². The summed E-state index contributed by atoms with van der Waals surface area (Å²) < 4.78 is 0. The van der Waals surface area contributed by atoms with Gasteiger partial charge in [0.15, 0.2) is 0 Å². The molecule has 0 aliphatic carbocycles. The lowest BCUT2D eigenvalue weighted by Gasteiger charge is -2.16. The van der Waals surface area contributed by atoms with Crippen LogP contribution in [0.2, 0.25) is 0 Å². The van der Waals surface area contributed by atoms with E-state index in [9.17, 15) is 5.11 Å². The first-order valence-corrected chi connectivity index (χ1v) is 5.61. The highest BCUT2D eigenvalue weighted by molar-refractivity contribution is 5.13. The maximum Gasteiger partial charge on any atom is 0.123 e. The van der Waals surface area contributed by atoms with Gasteiger partial charge in [-0.2, -0.15) is 0 Å². The monoisotopic (exact) mass is 209 g/mol. The van der Waals surface area contributed by atoms with E-state index in [4.69, 9.17) is 0 Å². The summed E-state index contributed by atoms with van der Waals surface area (Å²) in [6.07, 6.45) is 3.26.